The minimum absolute atomic E-state index is 0.0638. The number of hydrogen-bond donors (Lipinski definition) is 1. The highest BCUT2D eigenvalue weighted by molar-refractivity contribution is 6.05. The number of nitrogens with one attached hydrogen (secondary N) is 1. The van der Waals surface area contributed by atoms with E-state index in [2.05, 4.69) is 15.5 Å². The zero-order chi connectivity index (χ0) is 15.6. The SMILES string of the molecule is CCn1ncc(NC(=O)c2c([N+](=O)[O-])cnn2CC)c1C. The quantitative estimate of drug-likeness (QED) is 0.665. The third-order valence-electron chi connectivity index (χ3n) is 3.18. The van der Waals surface area contributed by atoms with Gasteiger partial charge in [0.25, 0.3) is 5.91 Å². The lowest BCUT2D eigenvalue weighted by molar-refractivity contribution is -0.385. The van der Waals surface area contributed by atoms with Gasteiger partial charge in [-0.25, -0.2) is 0 Å². The van der Waals surface area contributed by atoms with Crippen LogP contribution in [0.25, 0.3) is 0 Å². The molecule has 9 heteroatoms. The normalized spacial score (nSPS) is 10.6. The molecule has 0 aliphatic heterocycles. The van der Waals surface area contributed by atoms with Gasteiger partial charge in [0.2, 0.25) is 5.69 Å². The highest BCUT2D eigenvalue weighted by atomic mass is 16.6. The largest absolute Gasteiger partial charge is 0.320 e. The predicted molar refractivity (Wildman–Crippen MR) is 75.1 cm³/mol. The number of anilines is 1. The molecule has 0 bridgehead atoms. The molecule has 1 N–H and O–H groups in total. The molecule has 0 atom stereocenters. The summed E-state index contributed by atoms with van der Waals surface area (Å²) < 4.78 is 3.02. The number of hydrogen-bond acceptors (Lipinski definition) is 5. The average Bonchev–Trinajstić information content (AvgIpc) is 3.03. The Hall–Kier alpha value is -2.71. The maximum absolute atomic E-state index is 12.3. The Bertz CT molecular complexity index is 687. The predicted octanol–water partition coefficient (Wildman–Crippen LogP) is 1.59. The van der Waals surface area contributed by atoms with Crippen LogP contribution in [0.4, 0.5) is 11.4 Å². The van der Waals surface area contributed by atoms with Crippen molar-refractivity contribution in [3.8, 4) is 0 Å². The Balaban J connectivity index is 2.34. The van der Waals surface area contributed by atoms with Crippen LogP contribution in [0.3, 0.4) is 0 Å². The average molecular weight is 292 g/mol. The summed E-state index contributed by atoms with van der Waals surface area (Å²) >= 11 is 0. The van der Waals surface area contributed by atoms with Gasteiger partial charge in [0.15, 0.2) is 0 Å². The second-order valence-corrected chi connectivity index (χ2v) is 4.36. The van der Waals surface area contributed by atoms with Crippen LogP contribution < -0.4 is 5.32 Å². The Labute approximate surface area is 120 Å². The van der Waals surface area contributed by atoms with E-state index in [1.54, 1.807) is 11.6 Å². The van der Waals surface area contributed by atoms with E-state index in [-0.39, 0.29) is 11.4 Å². The zero-order valence-electron chi connectivity index (χ0n) is 12.0. The van der Waals surface area contributed by atoms with Crippen molar-refractivity contribution in [3.63, 3.8) is 0 Å². The molecule has 2 aromatic heterocycles. The highest BCUT2D eigenvalue weighted by Crippen LogP contribution is 2.21. The number of rotatable bonds is 5. The van der Waals surface area contributed by atoms with Crippen molar-refractivity contribution < 1.29 is 9.72 Å². The van der Waals surface area contributed by atoms with Crippen LogP contribution in [0.15, 0.2) is 12.4 Å². The second-order valence-electron chi connectivity index (χ2n) is 4.36. The van der Waals surface area contributed by atoms with Gasteiger partial charge in [-0.15, -0.1) is 0 Å². The van der Waals surface area contributed by atoms with Gasteiger partial charge in [0.05, 0.1) is 22.5 Å². The van der Waals surface area contributed by atoms with Crippen LogP contribution in [0.1, 0.15) is 30.0 Å². The Kier molecular flexibility index (Phi) is 4.01. The molecule has 0 saturated carbocycles. The number of aryl methyl sites for hydroxylation is 2. The number of nitro groups is 1. The first-order valence-corrected chi connectivity index (χ1v) is 6.53. The smallest absolute Gasteiger partial charge is 0.317 e. The van der Waals surface area contributed by atoms with Crippen LogP contribution in [0.2, 0.25) is 0 Å². The number of carbonyl (C=O) groups is 1. The molecule has 2 heterocycles. The summed E-state index contributed by atoms with van der Waals surface area (Å²) in [5.41, 5.74) is 0.942. The van der Waals surface area contributed by atoms with E-state index < -0.39 is 10.8 Å². The molecule has 2 rings (SSSR count). The molecule has 0 aliphatic carbocycles. The molecule has 9 nitrogen and oxygen atoms in total. The highest BCUT2D eigenvalue weighted by Gasteiger charge is 2.27. The van der Waals surface area contributed by atoms with E-state index in [9.17, 15) is 14.9 Å². The van der Waals surface area contributed by atoms with Crippen LogP contribution in [0.5, 0.6) is 0 Å². The standard InChI is InChI=1S/C12H16N6O3/c1-4-16-8(3)9(6-13-16)15-12(19)11-10(18(20)21)7-14-17(11)5-2/h6-7H,4-5H2,1-3H3,(H,15,19). The van der Waals surface area contributed by atoms with Gasteiger partial charge in [0.1, 0.15) is 6.20 Å². The van der Waals surface area contributed by atoms with Gasteiger partial charge < -0.3 is 5.32 Å². The molecule has 0 aliphatic rings. The topological polar surface area (TPSA) is 108 Å². The molecule has 0 saturated heterocycles. The first-order chi connectivity index (χ1) is 9.99. The monoisotopic (exact) mass is 292 g/mol. The van der Waals surface area contributed by atoms with Crippen molar-refractivity contribution in [2.45, 2.75) is 33.9 Å². The molecule has 0 unspecified atom stereocenters. The summed E-state index contributed by atoms with van der Waals surface area (Å²) in [6.45, 7) is 6.55. The molecular weight excluding hydrogens is 276 g/mol. The van der Waals surface area contributed by atoms with Crippen molar-refractivity contribution in [2.75, 3.05) is 5.32 Å². The number of carbonyl (C=O) groups excluding carboxylic acids is 1. The Morgan fingerprint density at radius 1 is 1.29 bits per heavy atom. The van der Waals surface area contributed by atoms with E-state index in [4.69, 9.17) is 0 Å². The summed E-state index contributed by atoms with van der Waals surface area (Å²) in [6.07, 6.45) is 2.61. The summed E-state index contributed by atoms with van der Waals surface area (Å²) in [6, 6.07) is 0. The van der Waals surface area contributed by atoms with Crippen LogP contribution in [0, 0.1) is 17.0 Å². The van der Waals surface area contributed by atoms with Crippen LogP contribution >= 0.6 is 0 Å². The zero-order valence-corrected chi connectivity index (χ0v) is 12.0. The van der Waals surface area contributed by atoms with Crippen molar-refractivity contribution >= 4 is 17.3 Å². The number of aromatic nitrogens is 4. The summed E-state index contributed by atoms with van der Waals surface area (Å²) in [5, 5.41) is 21.6. The van der Waals surface area contributed by atoms with Crippen molar-refractivity contribution in [2.24, 2.45) is 0 Å². The molecular formula is C12H16N6O3. The first-order valence-electron chi connectivity index (χ1n) is 6.53. The third-order valence-corrected chi connectivity index (χ3v) is 3.18. The lowest BCUT2D eigenvalue weighted by Crippen LogP contribution is -2.19. The van der Waals surface area contributed by atoms with Crippen LogP contribution in [-0.2, 0) is 13.1 Å². The number of amides is 1. The van der Waals surface area contributed by atoms with Crippen molar-refractivity contribution in [1.29, 1.82) is 0 Å². The van der Waals surface area contributed by atoms with E-state index in [0.29, 0.717) is 18.8 Å². The van der Waals surface area contributed by atoms with Gasteiger partial charge in [0, 0.05) is 13.1 Å². The fourth-order valence-electron chi connectivity index (χ4n) is 2.05. The molecule has 2 aromatic rings. The first kappa shape index (κ1) is 14.7. The van der Waals surface area contributed by atoms with Crippen molar-refractivity contribution in [1.82, 2.24) is 19.6 Å². The maximum Gasteiger partial charge on any atom is 0.320 e. The second kappa shape index (κ2) is 5.73. The molecule has 112 valence electrons. The van der Waals surface area contributed by atoms with Gasteiger partial charge in [-0.2, -0.15) is 10.2 Å². The molecule has 0 spiro atoms. The van der Waals surface area contributed by atoms with Crippen LogP contribution in [-0.4, -0.2) is 30.4 Å². The van der Waals surface area contributed by atoms with Gasteiger partial charge >= 0.3 is 5.69 Å². The minimum Gasteiger partial charge on any atom is -0.317 e. The lowest BCUT2D eigenvalue weighted by atomic mass is 10.3. The summed E-state index contributed by atoms with van der Waals surface area (Å²) in [4.78, 5) is 22.7. The molecule has 0 aromatic carbocycles. The van der Waals surface area contributed by atoms with Gasteiger partial charge in [-0.05, 0) is 20.8 Å². The van der Waals surface area contributed by atoms with Gasteiger partial charge in [-0.1, -0.05) is 0 Å². The van der Waals surface area contributed by atoms with E-state index in [0.717, 1.165) is 11.9 Å². The maximum atomic E-state index is 12.3. The molecule has 21 heavy (non-hydrogen) atoms. The number of nitrogens with zero attached hydrogens (tertiary/aromatic N) is 5. The Morgan fingerprint density at radius 2 is 1.90 bits per heavy atom. The van der Waals surface area contributed by atoms with E-state index in [1.807, 2.05) is 13.8 Å². The molecule has 0 fully saturated rings. The molecule has 0 radical (unpaired) electrons. The molecule has 1 amide bonds. The van der Waals surface area contributed by atoms with Crippen molar-refractivity contribution in [3.05, 3.63) is 33.9 Å². The lowest BCUT2D eigenvalue weighted by Gasteiger charge is -2.06. The third kappa shape index (κ3) is 2.62. The summed E-state index contributed by atoms with van der Waals surface area (Å²) in [5.74, 6) is -0.570. The fraction of sp³-hybridized carbons (Fsp3) is 0.417. The Morgan fingerprint density at radius 3 is 2.43 bits per heavy atom. The van der Waals surface area contributed by atoms with Gasteiger partial charge in [-0.3, -0.25) is 24.3 Å². The fourth-order valence-corrected chi connectivity index (χ4v) is 2.05. The minimum atomic E-state index is -0.615. The van der Waals surface area contributed by atoms with E-state index >= 15 is 0 Å². The van der Waals surface area contributed by atoms with E-state index in [1.165, 1.54) is 10.9 Å². The summed E-state index contributed by atoms with van der Waals surface area (Å²) in [7, 11) is 0.